The van der Waals surface area contributed by atoms with Crippen molar-refractivity contribution in [2.75, 3.05) is 0 Å². The van der Waals surface area contributed by atoms with Crippen LogP contribution in [0.3, 0.4) is 0 Å². The molecule has 1 aromatic rings. The average molecular weight is 241 g/mol. The molecule has 1 rings (SSSR count). The van der Waals surface area contributed by atoms with E-state index in [9.17, 15) is 14.9 Å². The molecule has 94 valence electrons. The van der Waals surface area contributed by atoms with Crippen LogP contribution in [0.2, 0.25) is 0 Å². The zero-order valence-electron chi connectivity index (χ0n) is 9.33. The van der Waals surface area contributed by atoms with Gasteiger partial charge < -0.3 is 10.1 Å². The fraction of sp³-hybridized carbons (Fsp3) is 0.556. The summed E-state index contributed by atoms with van der Waals surface area (Å²) >= 11 is 0. The van der Waals surface area contributed by atoms with Gasteiger partial charge in [-0.05, 0) is 17.8 Å². The van der Waals surface area contributed by atoms with Crippen LogP contribution in [0, 0.1) is 10.1 Å². The highest BCUT2D eigenvalue weighted by atomic mass is 16.6. The highest BCUT2D eigenvalue weighted by Gasteiger charge is 2.09. The Hall–Kier alpha value is -1.96. The minimum absolute atomic E-state index is 0.146. The lowest BCUT2D eigenvalue weighted by atomic mass is 10.2. The second-order valence-electron chi connectivity index (χ2n) is 3.57. The largest absolute Gasteiger partial charge is 0.389 e. The van der Waals surface area contributed by atoms with Gasteiger partial charge in [0.1, 0.15) is 0 Å². The number of aromatic nitrogens is 2. The van der Waals surface area contributed by atoms with Crippen molar-refractivity contribution in [3.05, 3.63) is 22.4 Å². The molecule has 3 N–H and O–H groups in total. The monoisotopic (exact) mass is 241 g/mol. The third-order valence-electron chi connectivity index (χ3n) is 2.27. The lowest BCUT2D eigenvalue weighted by Gasteiger charge is -1.99. The number of carbonyl (C=O) groups is 1. The number of hydrogen-bond acceptors (Lipinski definition) is 5. The molecular weight excluding hydrogens is 226 g/mol. The van der Waals surface area contributed by atoms with Crippen molar-refractivity contribution >= 4 is 11.7 Å². The van der Waals surface area contributed by atoms with Gasteiger partial charge in [0.15, 0.2) is 0 Å². The summed E-state index contributed by atoms with van der Waals surface area (Å²) in [6, 6.07) is 1.36. The Morgan fingerprint density at radius 2 is 2.29 bits per heavy atom. The van der Waals surface area contributed by atoms with E-state index in [-0.39, 0.29) is 11.7 Å². The number of hydrogen-bond donors (Lipinski definition) is 2. The lowest BCUT2D eigenvalue weighted by Crippen LogP contribution is -2.29. The molecule has 0 unspecified atom stereocenters. The molecule has 1 amide bonds. The molecule has 0 spiro atoms. The highest BCUT2D eigenvalue weighted by molar-refractivity contribution is 5.74. The number of nitrogens with two attached hydrogens (primary N) is 1. The van der Waals surface area contributed by atoms with Crippen molar-refractivity contribution in [2.24, 2.45) is 5.84 Å². The molecule has 8 heteroatoms. The summed E-state index contributed by atoms with van der Waals surface area (Å²) < 4.78 is 1.53. The second-order valence-corrected chi connectivity index (χ2v) is 3.57. The van der Waals surface area contributed by atoms with E-state index in [2.05, 4.69) is 10.5 Å². The molecule has 17 heavy (non-hydrogen) atoms. The molecule has 0 aliphatic rings. The second kappa shape index (κ2) is 6.59. The van der Waals surface area contributed by atoms with Crippen molar-refractivity contribution < 1.29 is 9.72 Å². The van der Waals surface area contributed by atoms with Crippen LogP contribution in [0.1, 0.15) is 25.7 Å². The predicted octanol–water partition coefficient (Wildman–Crippen LogP) is 0.342. The summed E-state index contributed by atoms with van der Waals surface area (Å²) in [5.74, 6) is 4.60. The number of aryl methyl sites for hydroxylation is 1. The van der Waals surface area contributed by atoms with E-state index in [0.717, 1.165) is 19.3 Å². The van der Waals surface area contributed by atoms with Crippen molar-refractivity contribution in [3.63, 3.8) is 0 Å². The maximum Gasteiger partial charge on any atom is 0.389 e. The highest BCUT2D eigenvalue weighted by Crippen LogP contribution is 2.07. The van der Waals surface area contributed by atoms with Gasteiger partial charge in [-0.2, -0.15) is 4.68 Å². The maximum absolute atomic E-state index is 10.8. The van der Waals surface area contributed by atoms with Crippen molar-refractivity contribution in [1.82, 2.24) is 15.2 Å². The molecule has 0 aromatic carbocycles. The Kier molecular flexibility index (Phi) is 5.08. The van der Waals surface area contributed by atoms with E-state index in [4.69, 9.17) is 5.84 Å². The van der Waals surface area contributed by atoms with Crippen LogP contribution in [-0.4, -0.2) is 20.6 Å². The SMILES string of the molecule is NNC(=O)CCCCCn1ccc([N+](=O)[O-])n1. The molecule has 1 aromatic heterocycles. The molecule has 0 saturated heterocycles. The van der Waals surface area contributed by atoms with E-state index >= 15 is 0 Å². The van der Waals surface area contributed by atoms with Gasteiger partial charge in [0.05, 0.1) is 23.9 Å². The molecule has 0 bridgehead atoms. The molecule has 8 nitrogen and oxygen atoms in total. The summed E-state index contributed by atoms with van der Waals surface area (Å²) in [6.07, 6.45) is 4.38. The van der Waals surface area contributed by atoms with Gasteiger partial charge in [-0.15, -0.1) is 0 Å². The van der Waals surface area contributed by atoms with Gasteiger partial charge in [0.2, 0.25) is 5.91 Å². The van der Waals surface area contributed by atoms with E-state index < -0.39 is 4.92 Å². The number of nitrogens with one attached hydrogen (secondary N) is 1. The number of unbranched alkanes of at least 4 members (excludes halogenated alkanes) is 2. The molecule has 0 fully saturated rings. The van der Waals surface area contributed by atoms with E-state index in [1.54, 1.807) is 6.20 Å². The summed E-state index contributed by atoms with van der Waals surface area (Å²) in [5, 5.41) is 14.1. The summed E-state index contributed by atoms with van der Waals surface area (Å²) in [6.45, 7) is 0.609. The number of nitrogens with zero attached hydrogens (tertiary/aromatic N) is 3. The predicted molar refractivity (Wildman–Crippen MR) is 59.7 cm³/mol. The molecule has 1 heterocycles. The van der Waals surface area contributed by atoms with E-state index in [0.29, 0.717) is 13.0 Å². The minimum Gasteiger partial charge on any atom is -0.358 e. The smallest absolute Gasteiger partial charge is 0.358 e. The van der Waals surface area contributed by atoms with Crippen LogP contribution in [0.25, 0.3) is 0 Å². The van der Waals surface area contributed by atoms with Crippen LogP contribution < -0.4 is 11.3 Å². The first-order valence-electron chi connectivity index (χ1n) is 5.31. The molecule has 0 atom stereocenters. The van der Waals surface area contributed by atoms with E-state index in [1.807, 2.05) is 0 Å². The van der Waals surface area contributed by atoms with Gasteiger partial charge in [0, 0.05) is 6.42 Å². The molecule has 0 saturated carbocycles. The van der Waals surface area contributed by atoms with Gasteiger partial charge in [-0.3, -0.25) is 10.2 Å². The Bertz CT molecular complexity index is 390. The standard InChI is InChI=1S/C9H15N5O3/c10-11-9(15)4-2-1-3-6-13-7-5-8(12-13)14(16)17/h5,7H,1-4,6,10H2,(H,11,15). The summed E-state index contributed by atoms with van der Waals surface area (Å²) in [7, 11) is 0. The van der Waals surface area contributed by atoms with Gasteiger partial charge in [-0.25, -0.2) is 5.84 Å². The minimum atomic E-state index is -0.526. The Labute approximate surface area is 97.9 Å². The van der Waals surface area contributed by atoms with Crippen LogP contribution in [0.15, 0.2) is 12.3 Å². The Morgan fingerprint density at radius 3 is 2.88 bits per heavy atom. The fourth-order valence-corrected chi connectivity index (χ4v) is 1.38. The number of rotatable bonds is 7. The van der Waals surface area contributed by atoms with Crippen molar-refractivity contribution in [1.29, 1.82) is 0 Å². The first-order valence-corrected chi connectivity index (χ1v) is 5.31. The number of nitro groups is 1. The lowest BCUT2D eigenvalue weighted by molar-refractivity contribution is -0.389. The topological polar surface area (TPSA) is 116 Å². The van der Waals surface area contributed by atoms with Crippen molar-refractivity contribution in [3.8, 4) is 0 Å². The molecule has 0 aliphatic carbocycles. The first kappa shape index (κ1) is 13.1. The Balaban J connectivity index is 2.18. The first-order chi connectivity index (χ1) is 8.13. The van der Waals surface area contributed by atoms with Gasteiger partial charge in [-0.1, -0.05) is 6.42 Å². The number of hydrazine groups is 1. The molecule has 0 aliphatic heterocycles. The quantitative estimate of drug-likeness (QED) is 0.235. The average Bonchev–Trinajstić information content (AvgIpc) is 2.77. The van der Waals surface area contributed by atoms with Crippen molar-refractivity contribution in [2.45, 2.75) is 32.2 Å². The van der Waals surface area contributed by atoms with Gasteiger partial charge >= 0.3 is 5.82 Å². The normalized spacial score (nSPS) is 10.2. The summed E-state index contributed by atoms with van der Waals surface area (Å²) in [5.41, 5.74) is 2.06. The van der Waals surface area contributed by atoms with Crippen LogP contribution in [0.4, 0.5) is 5.82 Å². The fourth-order valence-electron chi connectivity index (χ4n) is 1.38. The third-order valence-corrected chi connectivity index (χ3v) is 2.27. The third kappa shape index (κ3) is 4.60. The molecular formula is C9H15N5O3. The van der Waals surface area contributed by atoms with Gasteiger partial charge in [0.25, 0.3) is 0 Å². The molecule has 0 radical (unpaired) electrons. The van der Waals surface area contributed by atoms with E-state index in [1.165, 1.54) is 10.7 Å². The van der Waals surface area contributed by atoms with Crippen LogP contribution in [0.5, 0.6) is 0 Å². The van der Waals surface area contributed by atoms with Crippen LogP contribution >= 0.6 is 0 Å². The zero-order valence-corrected chi connectivity index (χ0v) is 9.33. The number of amides is 1. The zero-order chi connectivity index (χ0) is 12.7. The van der Waals surface area contributed by atoms with Crippen LogP contribution in [-0.2, 0) is 11.3 Å². The maximum atomic E-state index is 10.8. The summed E-state index contributed by atoms with van der Waals surface area (Å²) in [4.78, 5) is 20.6. The number of carbonyl (C=O) groups excluding carboxylic acids is 1. The Morgan fingerprint density at radius 1 is 1.53 bits per heavy atom.